The summed E-state index contributed by atoms with van der Waals surface area (Å²) in [5.74, 6) is -1.03. The first-order chi connectivity index (χ1) is 8.82. The second-order valence-electron chi connectivity index (χ2n) is 5.00. The second kappa shape index (κ2) is 6.56. The summed E-state index contributed by atoms with van der Waals surface area (Å²) < 4.78 is 26.6. The third kappa shape index (κ3) is 4.24. The molecular weight excluding hydrogens is 254 g/mol. The molecular formula is C13H18F2N2O2. The van der Waals surface area contributed by atoms with E-state index in [0.717, 1.165) is 6.07 Å². The lowest BCUT2D eigenvalue weighted by molar-refractivity contribution is -0.387. The summed E-state index contributed by atoms with van der Waals surface area (Å²) in [5, 5.41) is 13.6. The SMILES string of the molecule is CC(C)C(C)CNCc1cc([N+](=O)[O-])c(F)cc1F. The third-order valence-electron chi connectivity index (χ3n) is 3.23. The van der Waals surface area contributed by atoms with Crippen molar-refractivity contribution in [2.75, 3.05) is 6.54 Å². The van der Waals surface area contributed by atoms with Crippen LogP contribution >= 0.6 is 0 Å². The van der Waals surface area contributed by atoms with Crippen molar-refractivity contribution in [3.8, 4) is 0 Å². The van der Waals surface area contributed by atoms with E-state index < -0.39 is 22.2 Å². The van der Waals surface area contributed by atoms with E-state index >= 15 is 0 Å². The Hall–Kier alpha value is -1.56. The molecule has 0 aliphatic carbocycles. The number of rotatable bonds is 6. The Morgan fingerprint density at radius 3 is 2.42 bits per heavy atom. The number of nitrogens with zero attached hydrogens (tertiary/aromatic N) is 1. The minimum Gasteiger partial charge on any atom is -0.312 e. The standard InChI is InChI=1S/C13H18F2N2O2/c1-8(2)9(3)6-16-7-10-4-13(17(18)19)12(15)5-11(10)14/h4-5,8-9,16H,6-7H2,1-3H3. The minimum absolute atomic E-state index is 0.101. The molecule has 0 aliphatic rings. The first-order valence-corrected chi connectivity index (χ1v) is 6.16. The van der Waals surface area contributed by atoms with Crippen LogP contribution in [0.3, 0.4) is 0 Å². The van der Waals surface area contributed by atoms with Crippen LogP contribution in [-0.2, 0) is 6.54 Å². The lowest BCUT2D eigenvalue weighted by Gasteiger charge is -2.16. The van der Waals surface area contributed by atoms with Gasteiger partial charge in [0, 0.05) is 24.2 Å². The molecule has 1 aromatic rings. The van der Waals surface area contributed by atoms with Crippen molar-refractivity contribution in [1.29, 1.82) is 0 Å². The van der Waals surface area contributed by atoms with Crippen molar-refractivity contribution in [2.45, 2.75) is 27.3 Å². The quantitative estimate of drug-likeness (QED) is 0.639. The Labute approximate surface area is 111 Å². The molecule has 4 nitrogen and oxygen atoms in total. The Morgan fingerprint density at radius 2 is 1.89 bits per heavy atom. The lowest BCUT2D eigenvalue weighted by atomic mass is 9.98. The molecule has 106 valence electrons. The summed E-state index contributed by atoms with van der Waals surface area (Å²) in [7, 11) is 0. The maximum absolute atomic E-state index is 13.5. The third-order valence-corrected chi connectivity index (χ3v) is 3.23. The van der Waals surface area contributed by atoms with E-state index in [1.54, 1.807) is 0 Å². The molecule has 1 N–H and O–H groups in total. The molecule has 1 aromatic carbocycles. The molecule has 0 aromatic heterocycles. The van der Waals surface area contributed by atoms with Gasteiger partial charge < -0.3 is 5.32 Å². The first kappa shape index (κ1) is 15.5. The summed E-state index contributed by atoms with van der Waals surface area (Å²) in [5.41, 5.74) is -0.598. The molecule has 0 aliphatic heterocycles. The van der Waals surface area contributed by atoms with Gasteiger partial charge in [0.05, 0.1) is 4.92 Å². The highest BCUT2D eigenvalue weighted by Gasteiger charge is 2.18. The van der Waals surface area contributed by atoms with Crippen LogP contribution in [-0.4, -0.2) is 11.5 Å². The number of hydrogen-bond donors (Lipinski definition) is 1. The minimum atomic E-state index is -1.15. The fourth-order valence-electron chi connectivity index (χ4n) is 1.53. The van der Waals surface area contributed by atoms with Gasteiger partial charge in [0.2, 0.25) is 5.82 Å². The molecule has 1 atom stereocenters. The van der Waals surface area contributed by atoms with Gasteiger partial charge in [-0.2, -0.15) is 4.39 Å². The summed E-state index contributed by atoms with van der Waals surface area (Å²) in [6.07, 6.45) is 0. The van der Waals surface area contributed by atoms with Crippen molar-refractivity contribution in [3.05, 3.63) is 39.4 Å². The van der Waals surface area contributed by atoms with Crippen molar-refractivity contribution >= 4 is 5.69 Å². The monoisotopic (exact) mass is 272 g/mol. The highest BCUT2D eigenvalue weighted by molar-refractivity contribution is 5.37. The van der Waals surface area contributed by atoms with E-state index in [-0.39, 0.29) is 12.1 Å². The summed E-state index contributed by atoms with van der Waals surface area (Å²) in [6, 6.07) is 1.50. The predicted octanol–water partition coefficient (Wildman–Crippen LogP) is 3.25. The molecule has 0 spiro atoms. The number of nitro groups is 1. The van der Waals surface area contributed by atoms with Gasteiger partial charge in [-0.1, -0.05) is 20.8 Å². The maximum Gasteiger partial charge on any atom is 0.305 e. The highest BCUT2D eigenvalue weighted by Crippen LogP contribution is 2.21. The molecule has 1 rings (SSSR count). The van der Waals surface area contributed by atoms with Crippen molar-refractivity contribution in [3.63, 3.8) is 0 Å². The van der Waals surface area contributed by atoms with Crippen LogP contribution in [0, 0.1) is 33.6 Å². The molecule has 0 heterocycles. The lowest BCUT2D eigenvalue weighted by Crippen LogP contribution is -2.24. The van der Waals surface area contributed by atoms with Crippen molar-refractivity contribution in [2.24, 2.45) is 11.8 Å². The van der Waals surface area contributed by atoms with Gasteiger partial charge in [0.25, 0.3) is 0 Å². The molecule has 0 amide bonds. The van der Waals surface area contributed by atoms with Gasteiger partial charge in [-0.25, -0.2) is 4.39 Å². The number of halogens is 2. The van der Waals surface area contributed by atoms with Crippen molar-refractivity contribution in [1.82, 2.24) is 5.32 Å². The fraction of sp³-hybridized carbons (Fsp3) is 0.538. The Kier molecular flexibility index (Phi) is 5.35. The molecule has 0 bridgehead atoms. The van der Waals surface area contributed by atoms with Crippen LogP contribution in [0.25, 0.3) is 0 Å². The molecule has 0 radical (unpaired) electrons. The van der Waals surface area contributed by atoms with Crippen LogP contribution in [0.5, 0.6) is 0 Å². The van der Waals surface area contributed by atoms with Crippen LogP contribution in [0.1, 0.15) is 26.3 Å². The van der Waals surface area contributed by atoms with Crippen LogP contribution in [0.15, 0.2) is 12.1 Å². The summed E-state index contributed by atoms with van der Waals surface area (Å²) >= 11 is 0. The van der Waals surface area contributed by atoms with Crippen LogP contribution < -0.4 is 5.32 Å². The largest absolute Gasteiger partial charge is 0.312 e. The molecule has 0 saturated carbocycles. The average Bonchev–Trinajstić information content (AvgIpc) is 2.30. The molecule has 19 heavy (non-hydrogen) atoms. The normalized spacial score (nSPS) is 12.7. The Morgan fingerprint density at radius 1 is 1.26 bits per heavy atom. The van der Waals surface area contributed by atoms with Gasteiger partial charge >= 0.3 is 5.69 Å². The number of nitrogens with one attached hydrogen (secondary N) is 1. The van der Waals surface area contributed by atoms with Gasteiger partial charge in [0.15, 0.2) is 0 Å². The Bertz CT molecular complexity index is 464. The number of hydrogen-bond acceptors (Lipinski definition) is 3. The highest BCUT2D eigenvalue weighted by atomic mass is 19.1. The van der Waals surface area contributed by atoms with Gasteiger partial charge in [-0.3, -0.25) is 10.1 Å². The summed E-state index contributed by atoms with van der Waals surface area (Å²) in [6.45, 7) is 7.03. The molecule has 0 saturated heterocycles. The second-order valence-corrected chi connectivity index (χ2v) is 5.00. The van der Waals surface area contributed by atoms with E-state index in [1.807, 2.05) is 0 Å². The number of benzene rings is 1. The van der Waals surface area contributed by atoms with Gasteiger partial charge in [-0.05, 0) is 18.4 Å². The van der Waals surface area contributed by atoms with E-state index in [9.17, 15) is 18.9 Å². The smallest absolute Gasteiger partial charge is 0.305 e. The maximum atomic E-state index is 13.5. The van der Waals surface area contributed by atoms with Crippen LogP contribution in [0.4, 0.5) is 14.5 Å². The van der Waals surface area contributed by atoms with Gasteiger partial charge in [0.1, 0.15) is 5.82 Å². The predicted molar refractivity (Wildman–Crippen MR) is 68.7 cm³/mol. The van der Waals surface area contributed by atoms with E-state index in [4.69, 9.17) is 0 Å². The zero-order chi connectivity index (χ0) is 14.6. The zero-order valence-electron chi connectivity index (χ0n) is 11.2. The topological polar surface area (TPSA) is 55.2 Å². The van der Waals surface area contributed by atoms with Crippen LogP contribution in [0.2, 0.25) is 0 Å². The summed E-state index contributed by atoms with van der Waals surface area (Å²) in [4.78, 5) is 9.73. The fourth-order valence-corrected chi connectivity index (χ4v) is 1.53. The number of nitro benzene ring substituents is 1. The van der Waals surface area contributed by atoms with E-state index in [0.29, 0.717) is 24.4 Å². The average molecular weight is 272 g/mol. The van der Waals surface area contributed by atoms with Crippen molar-refractivity contribution < 1.29 is 13.7 Å². The van der Waals surface area contributed by atoms with E-state index in [1.165, 1.54) is 0 Å². The van der Waals surface area contributed by atoms with E-state index in [2.05, 4.69) is 26.1 Å². The first-order valence-electron chi connectivity index (χ1n) is 6.16. The molecule has 0 fully saturated rings. The van der Waals surface area contributed by atoms with Gasteiger partial charge in [-0.15, -0.1) is 0 Å². The zero-order valence-corrected chi connectivity index (χ0v) is 11.2. The Balaban J connectivity index is 2.73. The molecule has 6 heteroatoms. The molecule has 1 unspecified atom stereocenters.